The molecule has 1 aliphatic rings. The summed E-state index contributed by atoms with van der Waals surface area (Å²) in [7, 11) is 0. The van der Waals surface area contributed by atoms with Gasteiger partial charge in [0.1, 0.15) is 5.75 Å². The molecular formula is C17H28N2O. The Morgan fingerprint density at radius 1 is 1.25 bits per heavy atom. The molecule has 0 saturated carbocycles. The van der Waals surface area contributed by atoms with Crippen molar-refractivity contribution in [3.63, 3.8) is 0 Å². The first kappa shape index (κ1) is 15.3. The van der Waals surface area contributed by atoms with Crippen LogP contribution < -0.4 is 15.4 Å². The van der Waals surface area contributed by atoms with Gasteiger partial charge < -0.3 is 15.4 Å². The second kappa shape index (κ2) is 7.65. The molecular weight excluding hydrogens is 248 g/mol. The van der Waals surface area contributed by atoms with Gasteiger partial charge in [-0.15, -0.1) is 0 Å². The third-order valence-corrected chi connectivity index (χ3v) is 3.86. The van der Waals surface area contributed by atoms with Crippen LogP contribution in [0.25, 0.3) is 0 Å². The van der Waals surface area contributed by atoms with Crippen molar-refractivity contribution in [2.24, 2.45) is 5.92 Å². The first-order chi connectivity index (χ1) is 9.65. The molecule has 2 rings (SSSR count). The van der Waals surface area contributed by atoms with Gasteiger partial charge in [0.15, 0.2) is 0 Å². The van der Waals surface area contributed by atoms with E-state index in [9.17, 15) is 0 Å². The van der Waals surface area contributed by atoms with Crippen molar-refractivity contribution < 1.29 is 4.74 Å². The highest BCUT2D eigenvalue weighted by molar-refractivity contribution is 5.29. The molecule has 2 unspecified atom stereocenters. The Balaban J connectivity index is 1.80. The second-order valence-electron chi connectivity index (χ2n) is 6.08. The van der Waals surface area contributed by atoms with Gasteiger partial charge in [0, 0.05) is 6.04 Å². The van der Waals surface area contributed by atoms with E-state index in [1.807, 2.05) is 0 Å². The van der Waals surface area contributed by atoms with E-state index in [4.69, 9.17) is 4.74 Å². The summed E-state index contributed by atoms with van der Waals surface area (Å²) in [6, 6.07) is 8.85. The minimum absolute atomic E-state index is 0.232. The fourth-order valence-corrected chi connectivity index (χ4v) is 2.67. The van der Waals surface area contributed by atoms with Crippen LogP contribution in [0, 0.1) is 5.92 Å². The third-order valence-electron chi connectivity index (χ3n) is 3.86. The zero-order valence-electron chi connectivity index (χ0n) is 13.0. The van der Waals surface area contributed by atoms with Crippen LogP contribution in [0.2, 0.25) is 0 Å². The van der Waals surface area contributed by atoms with Gasteiger partial charge >= 0.3 is 0 Å². The lowest BCUT2D eigenvalue weighted by Gasteiger charge is -2.25. The van der Waals surface area contributed by atoms with Crippen LogP contribution in [-0.2, 0) is 0 Å². The Kier molecular flexibility index (Phi) is 5.86. The van der Waals surface area contributed by atoms with Crippen molar-refractivity contribution in [3.05, 3.63) is 29.8 Å². The summed E-state index contributed by atoms with van der Waals surface area (Å²) < 4.78 is 5.68. The predicted molar refractivity (Wildman–Crippen MR) is 84.2 cm³/mol. The summed E-state index contributed by atoms with van der Waals surface area (Å²) in [6.45, 7) is 9.77. The van der Waals surface area contributed by atoms with Gasteiger partial charge in [-0.2, -0.15) is 0 Å². The van der Waals surface area contributed by atoms with Crippen molar-refractivity contribution in [2.75, 3.05) is 19.6 Å². The van der Waals surface area contributed by atoms with Crippen LogP contribution in [0.15, 0.2) is 24.3 Å². The van der Waals surface area contributed by atoms with Crippen molar-refractivity contribution >= 4 is 0 Å². The zero-order valence-corrected chi connectivity index (χ0v) is 13.0. The molecule has 0 aliphatic carbocycles. The highest BCUT2D eigenvalue weighted by atomic mass is 16.5. The molecule has 2 N–H and O–H groups in total. The van der Waals surface area contributed by atoms with E-state index >= 15 is 0 Å². The standard InChI is InChI=1S/C17H28N2O/c1-13(2)20-17-8-6-16(7-9-17)14(3)19-12-15-5-4-10-18-11-15/h6-9,13-15,18-19H,4-5,10-12H2,1-3H3. The second-order valence-corrected chi connectivity index (χ2v) is 6.08. The molecule has 0 amide bonds. The van der Waals surface area contributed by atoms with E-state index in [1.165, 1.54) is 24.9 Å². The molecule has 1 aliphatic heterocycles. The number of rotatable bonds is 6. The first-order valence-electron chi connectivity index (χ1n) is 7.86. The van der Waals surface area contributed by atoms with Crippen molar-refractivity contribution in [1.29, 1.82) is 0 Å². The van der Waals surface area contributed by atoms with Crippen LogP contribution in [-0.4, -0.2) is 25.7 Å². The SMILES string of the molecule is CC(C)Oc1ccc(C(C)NCC2CCCNC2)cc1. The molecule has 3 nitrogen and oxygen atoms in total. The van der Waals surface area contributed by atoms with E-state index in [2.05, 4.69) is 55.7 Å². The molecule has 3 heteroatoms. The third kappa shape index (κ3) is 4.80. The van der Waals surface area contributed by atoms with Gasteiger partial charge in [0.2, 0.25) is 0 Å². The smallest absolute Gasteiger partial charge is 0.119 e. The Hall–Kier alpha value is -1.06. The van der Waals surface area contributed by atoms with E-state index in [1.54, 1.807) is 0 Å². The van der Waals surface area contributed by atoms with Gasteiger partial charge in [-0.25, -0.2) is 0 Å². The molecule has 0 spiro atoms. The molecule has 1 aromatic rings. The summed E-state index contributed by atoms with van der Waals surface area (Å²) in [6.07, 6.45) is 2.88. The van der Waals surface area contributed by atoms with Crippen molar-refractivity contribution in [3.8, 4) is 5.75 Å². The van der Waals surface area contributed by atoms with Crippen molar-refractivity contribution in [2.45, 2.75) is 45.8 Å². The molecule has 1 aromatic carbocycles. The topological polar surface area (TPSA) is 33.3 Å². The van der Waals surface area contributed by atoms with Crippen LogP contribution in [0.1, 0.15) is 45.2 Å². The monoisotopic (exact) mass is 276 g/mol. The van der Waals surface area contributed by atoms with Gasteiger partial charge in [-0.1, -0.05) is 12.1 Å². The number of benzene rings is 1. The van der Waals surface area contributed by atoms with Crippen LogP contribution >= 0.6 is 0 Å². The normalized spacial score (nSPS) is 20.9. The number of hydrogen-bond donors (Lipinski definition) is 2. The zero-order chi connectivity index (χ0) is 14.4. The van der Waals surface area contributed by atoms with Crippen LogP contribution in [0.4, 0.5) is 0 Å². The minimum atomic E-state index is 0.232. The lowest BCUT2D eigenvalue weighted by atomic mass is 9.99. The molecule has 112 valence electrons. The number of nitrogens with one attached hydrogen (secondary N) is 2. The maximum Gasteiger partial charge on any atom is 0.119 e. The summed E-state index contributed by atoms with van der Waals surface area (Å²) in [4.78, 5) is 0. The van der Waals surface area contributed by atoms with Gasteiger partial charge in [0.05, 0.1) is 6.10 Å². The highest BCUT2D eigenvalue weighted by Gasteiger charge is 2.14. The molecule has 2 atom stereocenters. The molecule has 0 bridgehead atoms. The van der Waals surface area contributed by atoms with E-state index in [0.717, 1.165) is 24.8 Å². The quantitative estimate of drug-likeness (QED) is 0.837. The number of ether oxygens (including phenoxy) is 1. The fraction of sp³-hybridized carbons (Fsp3) is 0.647. The first-order valence-corrected chi connectivity index (χ1v) is 7.86. The fourth-order valence-electron chi connectivity index (χ4n) is 2.67. The van der Waals surface area contributed by atoms with E-state index in [0.29, 0.717) is 6.04 Å². The Morgan fingerprint density at radius 2 is 2.00 bits per heavy atom. The average molecular weight is 276 g/mol. The molecule has 1 fully saturated rings. The maximum atomic E-state index is 5.68. The van der Waals surface area contributed by atoms with Crippen LogP contribution in [0.5, 0.6) is 5.75 Å². The molecule has 20 heavy (non-hydrogen) atoms. The Morgan fingerprint density at radius 3 is 2.60 bits per heavy atom. The largest absolute Gasteiger partial charge is 0.491 e. The number of hydrogen-bond acceptors (Lipinski definition) is 3. The van der Waals surface area contributed by atoms with E-state index < -0.39 is 0 Å². The van der Waals surface area contributed by atoms with E-state index in [-0.39, 0.29) is 6.10 Å². The Bertz CT molecular complexity index is 382. The molecule has 1 heterocycles. The highest BCUT2D eigenvalue weighted by Crippen LogP contribution is 2.19. The minimum Gasteiger partial charge on any atom is -0.491 e. The molecule has 0 aromatic heterocycles. The van der Waals surface area contributed by atoms with Crippen molar-refractivity contribution in [1.82, 2.24) is 10.6 Å². The summed E-state index contributed by atoms with van der Waals surface area (Å²) in [5.74, 6) is 1.72. The van der Waals surface area contributed by atoms with Gasteiger partial charge in [-0.05, 0) is 76.9 Å². The molecule has 1 saturated heterocycles. The lowest BCUT2D eigenvalue weighted by molar-refractivity contribution is 0.242. The maximum absolute atomic E-state index is 5.68. The van der Waals surface area contributed by atoms with Crippen LogP contribution in [0.3, 0.4) is 0 Å². The predicted octanol–water partition coefficient (Wildman–Crippen LogP) is 3.12. The summed E-state index contributed by atoms with van der Waals surface area (Å²) in [5, 5.41) is 7.12. The molecule has 0 radical (unpaired) electrons. The van der Waals surface area contributed by atoms with Gasteiger partial charge in [-0.3, -0.25) is 0 Å². The average Bonchev–Trinajstić information content (AvgIpc) is 2.46. The van der Waals surface area contributed by atoms with Gasteiger partial charge in [0.25, 0.3) is 0 Å². The summed E-state index contributed by atoms with van der Waals surface area (Å²) >= 11 is 0. The lowest BCUT2D eigenvalue weighted by Crippen LogP contribution is -2.36. The Labute approximate surface area is 123 Å². The summed E-state index contributed by atoms with van der Waals surface area (Å²) in [5.41, 5.74) is 1.32. The number of piperidine rings is 1.